The number of rotatable bonds is 4. The molecule has 2 rings (SSSR count). The van der Waals surface area contributed by atoms with Gasteiger partial charge < -0.3 is 15.4 Å². The molecule has 0 saturated heterocycles. The molecule has 1 amide bonds. The van der Waals surface area contributed by atoms with Gasteiger partial charge in [-0.1, -0.05) is 6.07 Å². The maximum atomic E-state index is 12.3. The van der Waals surface area contributed by atoms with Gasteiger partial charge in [-0.3, -0.25) is 4.79 Å². The molecular weight excluding hydrogens is 254 g/mol. The Kier molecular flexibility index (Phi) is 4.20. The van der Waals surface area contributed by atoms with E-state index in [1.165, 1.54) is 0 Å². The second-order valence-corrected chi connectivity index (χ2v) is 4.31. The maximum Gasteiger partial charge on any atom is 0.259 e. The monoisotopic (exact) mass is 271 g/mol. The highest BCUT2D eigenvalue weighted by atomic mass is 16.5. The van der Waals surface area contributed by atoms with Crippen molar-refractivity contribution in [2.45, 2.75) is 6.92 Å². The first-order valence-corrected chi connectivity index (χ1v) is 6.24. The van der Waals surface area contributed by atoms with E-state index in [0.717, 1.165) is 5.56 Å². The van der Waals surface area contributed by atoms with Crippen molar-refractivity contribution >= 4 is 17.4 Å². The van der Waals surface area contributed by atoms with Crippen molar-refractivity contribution < 1.29 is 9.53 Å². The van der Waals surface area contributed by atoms with Gasteiger partial charge in [0, 0.05) is 13.2 Å². The number of methoxy groups -OCH3 is 1. The Labute approximate surface area is 118 Å². The van der Waals surface area contributed by atoms with Crippen LogP contribution in [0.15, 0.2) is 36.5 Å². The van der Waals surface area contributed by atoms with Crippen molar-refractivity contribution in [1.29, 1.82) is 0 Å². The van der Waals surface area contributed by atoms with Crippen molar-refractivity contribution in [3.63, 3.8) is 0 Å². The fraction of sp³-hybridized carbons (Fsp3) is 0.200. The molecule has 5 heteroatoms. The summed E-state index contributed by atoms with van der Waals surface area (Å²) in [4.78, 5) is 16.4. The largest absolute Gasteiger partial charge is 0.495 e. The minimum absolute atomic E-state index is 0.230. The number of carbonyl (C=O) groups is 1. The number of ether oxygens (including phenoxy) is 1. The molecule has 1 heterocycles. The standard InChI is InChI=1S/C15H17N3O2/c1-10-6-7-13(20-3)12(9-10)18-15(19)11-5-4-8-17-14(11)16-2/h4-9H,1-3H3,(H,16,17)(H,18,19). The van der Waals surface area contributed by atoms with Crippen LogP contribution >= 0.6 is 0 Å². The minimum Gasteiger partial charge on any atom is -0.495 e. The van der Waals surface area contributed by atoms with E-state index in [1.54, 1.807) is 32.5 Å². The molecule has 1 aromatic heterocycles. The number of benzene rings is 1. The third-order valence-corrected chi connectivity index (χ3v) is 2.89. The Bertz CT molecular complexity index is 626. The first-order chi connectivity index (χ1) is 9.65. The van der Waals surface area contributed by atoms with E-state index in [-0.39, 0.29) is 5.91 Å². The number of pyridine rings is 1. The van der Waals surface area contributed by atoms with Gasteiger partial charge in [0.2, 0.25) is 0 Å². The van der Waals surface area contributed by atoms with Crippen molar-refractivity contribution in [3.8, 4) is 5.75 Å². The number of nitrogens with zero attached hydrogens (tertiary/aromatic N) is 1. The average molecular weight is 271 g/mol. The normalized spacial score (nSPS) is 9.95. The first-order valence-electron chi connectivity index (χ1n) is 6.24. The van der Waals surface area contributed by atoms with Crippen LogP contribution < -0.4 is 15.4 Å². The third-order valence-electron chi connectivity index (χ3n) is 2.89. The first kappa shape index (κ1) is 13.9. The van der Waals surface area contributed by atoms with E-state index >= 15 is 0 Å². The molecule has 0 aliphatic carbocycles. The summed E-state index contributed by atoms with van der Waals surface area (Å²) in [5.41, 5.74) is 2.17. The van der Waals surface area contributed by atoms with Gasteiger partial charge in [0.25, 0.3) is 5.91 Å². The van der Waals surface area contributed by atoms with Crippen LogP contribution in [0.1, 0.15) is 15.9 Å². The molecule has 1 aromatic carbocycles. The summed E-state index contributed by atoms with van der Waals surface area (Å²) in [5.74, 6) is 0.932. The number of hydrogen-bond acceptors (Lipinski definition) is 4. The van der Waals surface area contributed by atoms with Gasteiger partial charge in [-0.05, 0) is 36.8 Å². The molecule has 0 atom stereocenters. The van der Waals surface area contributed by atoms with Gasteiger partial charge in [-0.25, -0.2) is 4.98 Å². The van der Waals surface area contributed by atoms with Crippen LogP contribution in [-0.2, 0) is 0 Å². The van der Waals surface area contributed by atoms with Crippen LogP contribution in [0.3, 0.4) is 0 Å². The van der Waals surface area contributed by atoms with Crippen molar-refractivity contribution in [2.24, 2.45) is 0 Å². The maximum absolute atomic E-state index is 12.3. The zero-order valence-corrected chi connectivity index (χ0v) is 11.7. The molecule has 2 N–H and O–H groups in total. The lowest BCUT2D eigenvalue weighted by atomic mass is 10.2. The van der Waals surface area contributed by atoms with Gasteiger partial charge in [0.15, 0.2) is 0 Å². The predicted molar refractivity (Wildman–Crippen MR) is 79.5 cm³/mol. The van der Waals surface area contributed by atoms with Crippen LogP contribution in [0.2, 0.25) is 0 Å². The zero-order valence-electron chi connectivity index (χ0n) is 11.7. The van der Waals surface area contributed by atoms with E-state index in [0.29, 0.717) is 22.8 Å². The van der Waals surface area contributed by atoms with Crippen LogP contribution in [0.25, 0.3) is 0 Å². The lowest BCUT2D eigenvalue weighted by Gasteiger charge is -2.12. The van der Waals surface area contributed by atoms with Crippen LogP contribution in [0.5, 0.6) is 5.75 Å². The van der Waals surface area contributed by atoms with E-state index in [4.69, 9.17) is 4.74 Å². The number of aromatic nitrogens is 1. The molecule has 0 saturated carbocycles. The number of aryl methyl sites for hydroxylation is 1. The van der Waals surface area contributed by atoms with Crippen LogP contribution in [0, 0.1) is 6.92 Å². The molecule has 104 valence electrons. The van der Waals surface area contributed by atoms with Gasteiger partial charge in [0.1, 0.15) is 11.6 Å². The number of amides is 1. The molecule has 0 aliphatic rings. The molecule has 0 unspecified atom stereocenters. The Morgan fingerprint density at radius 3 is 2.80 bits per heavy atom. The highest BCUT2D eigenvalue weighted by Crippen LogP contribution is 2.26. The predicted octanol–water partition coefficient (Wildman–Crippen LogP) is 2.69. The molecule has 0 radical (unpaired) electrons. The molecule has 2 aromatic rings. The fourth-order valence-corrected chi connectivity index (χ4v) is 1.90. The van der Waals surface area contributed by atoms with Crippen molar-refractivity contribution in [3.05, 3.63) is 47.7 Å². The summed E-state index contributed by atoms with van der Waals surface area (Å²) < 4.78 is 5.25. The molecule has 0 spiro atoms. The van der Waals surface area contributed by atoms with Crippen LogP contribution in [0.4, 0.5) is 11.5 Å². The lowest BCUT2D eigenvalue weighted by Crippen LogP contribution is -2.15. The van der Waals surface area contributed by atoms with E-state index < -0.39 is 0 Å². The zero-order chi connectivity index (χ0) is 14.5. The number of nitrogens with one attached hydrogen (secondary N) is 2. The Hall–Kier alpha value is -2.56. The van der Waals surface area contributed by atoms with Gasteiger partial charge in [-0.15, -0.1) is 0 Å². The van der Waals surface area contributed by atoms with E-state index in [9.17, 15) is 4.79 Å². The Morgan fingerprint density at radius 2 is 2.10 bits per heavy atom. The second-order valence-electron chi connectivity index (χ2n) is 4.31. The Morgan fingerprint density at radius 1 is 1.30 bits per heavy atom. The molecule has 20 heavy (non-hydrogen) atoms. The van der Waals surface area contributed by atoms with E-state index in [1.807, 2.05) is 25.1 Å². The summed E-state index contributed by atoms with van der Waals surface area (Å²) in [6.07, 6.45) is 1.63. The highest BCUT2D eigenvalue weighted by Gasteiger charge is 2.13. The van der Waals surface area contributed by atoms with Gasteiger partial charge in [0.05, 0.1) is 18.4 Å². The lowest BCUT2D eigenvalue weighted by molar-refractivity contribution is 0.102. The van der Waals surface area contributed by atoms with Crippen molar-refractivity contribution in [2.75, 3.05) is 24.8 Å². The Balaban J connectivity index is 2.30. The number of hydrogen-bond donors (Lipinski definition) is 2. The van der Waals surface area contributed by atoms with Gasteiger partial charge >= 0.3 is 0 Å². The average Bonchev–Trinajstić information content (AvgIpc) is 2.47. The molecule has 0 aliphatic heterocycles. The quantitative estimate of drug-likeness (QED) is 0.897. The third kappa shape index (κ3) is 2.88. The molecular formula is C15H17N3O2. The topological polar surface area (TPSA) is 63.2 Å². The summed E-state index contributed by atoms with van der Waals surface area (Å²) in [5, 5.41) is 5.75. The number of carbonyl (C=O) groups excluding carboxylic acids is 1. The second kappa shape index (κ2) is 6.06. The summed E-state index contributed by atoms with van der Waals surface area (Å²) in [7, 11) is 3.30. The number of anilines is 2. The molecule has 0 bridgehead atoms. The SMILES string of the molecule is CNc1ncccc1C(=O)Nc1cc(C)ccc1OC. The molecule has 5 nitrogen and oxygen atoms in total. The van der Waals surface area contributed by atoms with Crippen LogP contribution in [-0.4, -0.2) is 25.0 Å². The highest BCUT2D eigenvalue weighted by molar-refractivity contribution is 6.08. The van der Waals surface area contributed by atoms with Crippen molar-refractivity contribution in [1.82, 2.24) is 4.98 Å². The summed E-state index contributed by atoms with van der Waals surface area (Å²) in [6.45, 7) is 1.96. The summed E-state index contributed by atoms with van der Waals surface area (Å²) >= 11 is 0. The van der Waals surface area contributed by atoms with Gasteiger partial charge in [-0.2, -0.15) is 0 Å². The van der Waals surface area contributed by atoms with E-state index in [2.05, 4.69) is 15.6 Å². The smallest absolute Gasteiger partial charge is 0.259 e. The molecule has 0 fully saturated rings. The fourth-order valence-electron chi connectivity index (χ4n) is 1.90. The minimum atomic E-state index is -0.230. The summed E-state index contributed by atoms with van der Waals surface area (Å²) in [6, 6.07) is 9.07.